The number of hydrogen-bond donors (Lipinski definition) is 1. The Labute approximate surface area is 57.9 Å². The lowest BCUT2D eigenvalue weighted by Gasteiger charge is -2.25. The SMILES string of the molecule is CC(CF)C(O)(CF)CF. The van der Waals surface area contributed by atoms with Crippen LogP contribution in [0.3, 0.4) is 0 Å². The molecule has 0 radical (unpaired) electrons. The van der Waals surface area contributed by atoms with Crippen molar-refractivity contribution in [2.75, 3.05) is 20.0 Å². The van der Waals surface area contributed by atoms with Crippen LogP contribution in [0.1, 0.15) is 6.92 Å². The Balaban J connectivity index is 4.02. The second kappa shape index (κ2) is 3.81. The molecular weight excluding hydrogens is 145 g/mol. The van der Waals surface area contributed by atoms with Gasteiger partial charge in [0.15, 0.2) is 0 Å². The van der Waals surface area contributed by atoms with E-state index >= 15 is 0 Å². The second-order valence-electron chi connectivity index (χ2n) is 2.43. The zero-order valence-corrected chi connectivity index (χ0v) is 5.78. The van der Waals surface area contributed by atoms with Gasteiger partial charge in [0.05, 0.1) is 6.67 Å². The maximum atomic E-state index is 11.8. The van der Waals surface area contributed by atoms with Crippen molar-refractivity contribution in [2.24, 2.45) is 5.92 Å². The van der Waals surface area contributed by atoms with Gasteiger partial charge in [-0.25, -0.2) is 8.78 Å². The Morgan fingerprint density at radius 1 is 1.30 bits per heavy atom. The predicted molar refractivity (Wildman–Crippen MR) is 32.0 cm³/mol. The van der Waals surface area contributed by atoms with Crippen molar-refractivity contribution in [3.05, 3.63) is 0 Å². The van der Waals surface area contributed by atoms with Crippen molar-refractivity contribution < 1.29 is 18.3 Å². The van der Waals surface area contributed by atoms with E-state index in [2.05, 4.69) is 0 Å². The van der Waals surface area contributed by atoms with E-state index in [0.29, 0.717) is 0 Å². The van der Waals surface area contributed by atoms with Crippen LogP contribution in [0, 0.1) is 5.92 Å². The van der Waals surface area contributed by atoms with E-state index in [9.17, 15) is 13.2 Å². The summed E-state index contributed by atoms with van der Waals surface area (Å²) in [5.41, 5.74) is -2.12. The molecule has 1 N–H and O–H groups in total. The summed E-state index contributed by atoms with van der Waals surface area (Å²) in [6.07, 6.45) is 0. The summed E-state index contributed by atoms with van der Waals surface area (Å²) in [6.45, 7) is -2.13. The van der Waals surface area contributed by atoms with E-state index in [4.69, 9.17) is 5.11 Å². The van der Waals surface area contributed by atoms with E-state index in [0.717, 1.165) is 0 Å². The Kier molecular flexibility index (Phi) is 3.71. The first-order valence-corrected chi connectivity index (χ1v) is 3.01. The maximum absolute atomic E-state index is 11.8. The van der Waals surface area contributed by atoms with Gasteiger partial charge < -0.3 is 5.11 Å². The van der Waals surface area contributed by atoms with E-state index in [1.165, 1.54) is 6.92 Å². The van der Waals surface area contributed by atoms with Gasteiger partial charge in [-0.1, -0.05) is 6.92 Å². The van der Waals surface area contributed by atoms with Crippen molar-refractivity contribution in [3.63, 3.8) is 0 Å². The van der Waals surface area contributed by atoms with Gasteiger partial charge in [-0.05, 0) is 0 Å². The van der Waals surface area contributed by atoms with Crippen molar-refractivity contribution >= 4 is 0 Å². The van der Waals surface area contributed by atoms with Crippen LogP contribution in [0.4, 0.5) is 13.2 Å². The highest BCUT2D eigenvalue weighted by Crippen LogP contribution is 2.19. The number of rotatable bonds is 4. The molecular formula is C6H11F3O. The quantitative estimate of drug-likeness (QED) is 0.649. The molecule has 1 unspecified atom stereocenters. The first kappa shape index (κ1) is 9.75. The Morgan fingerprint density at radius 2 is 1.70 bits per heavy atom. The van der Waals surface area contributed by atoms with E-state index in [-0.39, 0.29) is 0 Å². The van der Waals surface area contributed by atoms with Crippen LogP contribution in [0.2, 0.25) is 0 Å². The lowest BCUT2D eigenvalue weighted by atomic mass is 9.93. The van der Waals surface area contributed by atoms with Crippen LogP contribution in [0.5, 0.6) is 0 Å². The molecule has 1 nitrogen and oxygen atoms in total. The molecule has 0 aromatic heterocycles. The molecule has 0 spiro atoms. The molecule has 0 saturated carbocycles. The van der Waals surface area contributed by atoms with E-state index < -0.39 is 31.5 Å². The van der Waals surface area contributed by atoms with Gasteiger partial charge in [0.2, 0.25) is 0 Å². The summed E-state index contributed by atoms with van der Waals surface area (Å²) < 4.78 is 35.4. The molecule has 0 amide bonds. The summed E-state index contributed by atoms with van der Waals surface area (Å²) in [4.78, 5) is 0. The summed E-state index contributed by atoms with van der Waals surface area (Å²) in [7, 11) is 0. The first-order valence-electron chi connectivity index (χ1n) is 3.01. The maximum Gasteiger partial charge on any atom is 0.126 e. The van der Waals surface area contributed by atoms with Gasteiger partial charge in [-0.15, -0.1) is 0 Å². The molecule has 0 aliphatic rings. The lowest BCUT2D eigenvalue weighted by molar-refractivity contribution is -0.0566. The topological polar surface area (TPSA) is 20.2 Å². The highest BCUT2D eigenvalue weighted by Gasteiger charge is 2.34. The van der Waals surface area contributed by atoms with Crippen molar-refractivity contribution in [3.8, 4) is 0 Å². The van der Waals surface area contributed by atoms with Crippen LogP contribution in [0.25, 0.3) is 0 Å². The van der Waals surface area contributed by atoms with Gasteiger partial charge in [0.25, 0.3) is 0 Å². The monoisotopic (exact) mass is 156 g/mol. The molecule has 0 heterocycles. The predicted octanol–water partition coefficient (Wildman–Crippen LogP) is 1.26. The smallest absolute Gasteiger partial charge is 0.126 e. The molecule has 4 heteroatoms. The van der Waals surface area contributed by atoms with Crippen LogP contribution in [-0.2, 0) is 0 Å². The normalized spacial score (nSPS) is 15.3. The third-order valence-corrected chi connectivity index (χ3v) is 1.61. The third kappa shape index (κ3) is 1.87. The minimum Gasteiger partial charge on any atom is -0.384 e. The van der Waals surface area contributed by atoms with E-state index in [1.807, 2.05) is 0 Å². The van der Waals surface area contributed by atoms with Crippen LogP contribution >= 0.6 is 0 Å². The Hall–Kier alpha value is -0.250. The number of halogens is 3. The van der Waals surface area contributed by atoms with Gasteiger partial charge >= 0.3 is 0 Å². The lowest BCUT2D eigenvalue weighted by Crippen LogP contribution is -2.42. The standard InChI is InChI=1S/C6H11F3O/c1-5(2-7)6(10,3-8)4-9/h5,10H,2-4H2,1H3. The van der Waals surface area contributed by atoms with Gasteiger partial charge in [-0.2, -0.15) is 0 Å². The highest BCUT2D eigenvalue weighted by atomic mass is 19.1. The number of aliphatic hydroxyl groups is 1. The minimum absolute atomic E-state index is 0.912. The zero-order chi connectivity index (χ0) is 8.20. The molecule has 0 fully saturated rings. The number of alkyl halides is 3. The fourth-order valence-electron chi connectivity index (χ4n) is 0.443. The number of hydrogen-bond acceptors (Lipinski definition) is 1. The molecule has 0 rings (SSSR count). The highest BCUT2D eigenvalue weighted by molar-refractivity contribution is 4.82. The fraction of sp³-hybridized carbons (Fsp3) is 1.00. The molecule has 62 valence electrons. The average molecular weight is 156 g/mol. The van der Waals surface area contributed by atoms with Gasteiger partial charge in [0.1, 0.15) is 19.0 Å². The molecule has 0 aliphatic carbocycles. The molecule has 0 bridgehead atoms. The zero-order valence-electron chi connectivity index (χ0n) is 5.78. The van der Waals surface area contributed by atoms with Crippen LogP contribution in [0.15, 0.2) is 0 Å². The average Bonchev–Trinajstić information content (AvgIpc) is 2.01. The first-order chi connectivity index (χ1) is 4.60. The molecule has 0 aromatic rings. The van der Waals surface area contributed by atoms with Crippen molar-refractivity contribution in [1.82, 2.24) is 0 Å². The molecule has 0 aliphatic heterocycles. The summed E-state index contributed by atoms with van der Waals surface area (Å²) in [5.74, 6) is -0.984. The molecule has 1 atom stereocenters. The minimum atomic E-state index is -2.12. The second-order valence-corrected chi connectivity index (χ2v) is 2.43. The Bertz CT molecular complexity index is 93.0. The largest absolute Gasteiger partial charge is 0.384 e. The summed E-state index contributed by atoms with van der Waals surface area (Å²) >= 11 is 0. The Morgan fingerprint density at radius 3 is 1.80 bits per heavy atom. The van der Waals surface area contributed by atoms with Crippen LogP contribution < -0.4 is 0 Å². The van der Waals surface area contributed by atoms with E-state index in [1.54, 1.807) is 0 Å². The van der Waals surface area contributed by atoms with Crippen molar-refractivity contribution in [2.45, 2.75) is 12.5 Å². The van der Waals surface area contributed by atoms with Crippen molar-refractivity contribution in [1.29, 1.82) is 0 Å². The third-order valence-electron chi connectivity index (χ3n) is 1.61. The molecule has 0 saturated heterocycles. The molecule has 10 heavy (non-hydrogen) atoms. The summed E-state index contributed by atoms with van der Waals surface area (Å²) in [5, 5.41) is 8.91. The molecule has 0 aromatic carbocycles. The van der Waals surface area contributed by atoms with Gasteiger partial charge in [0, 0.05) is 5.92 Å². The van der Waals surface area contributed by atoms with Crippen LogP contribution in [-0.4, -0.2) is 30.7 Å². The fourth-order valence-corrected chi connectivity index (χ4v) is 0.443. The summed E-state index contributed by atoms with van der Waals surface area (Å²) in [6, 6.07) is 0. The van der Waals surface area contributed by atoms with Gasteiger partial charge in [-0.3, -0.25) is 4.39 Å².